The molecule has 20 heavy (non-hydrogen) atoms. The molecule has 0 aliphatic carbocycles. The molecule has 1 fully saturated rings. The van der Waals surface area contributed by atoms with Gasteiger partial charge in [0.1, 0.15) is 10.8 Å². The van der Waals surface area contributed by atoms with Gasteiger partial charge in [0.15, 0.2) is 0 Å². The van der Waals surface area contributed by atoms with Crippen molar-refractivity contribution in [3.05, 3.63) is 24.5 Å². The Labute approximate surface area is 122 Å². The minimum atomic E-state index is 0.577. The van der Waals surface area contributed by atoms with Crippen LogP contribution in [0.1, 0.15) is 12.8 Å². The molecule has 106 valence electrons. The molecule has 3 rings (SSSR count). The van der Waals surface area contributed by atoms with Crippen LogP contribution in [0.2, 0.25) is 0 Å². The fraction of sp³-hybridized carbons (Fsp3) is 0.429. The smallest absolute Gasteiger partial charge is 0.147 e. The van der Waals surface area contributed by atoms with Crippen molar-refractivity contribution in [3.63, 3.8) is 0 Å². The Morgan fingerprint density at radius 2 is 2.25 bits per heavy atom. The number of aromatic nitrogens is 2. The summed E-state index contributed by atoms with van der Waals surface area (Å²) in [7, 11) is 0. The zero-order valence-corrected chi connectivity index (χ0v) is 12.0. The molecule has 0 saturated carbocycles. The largest absolute Gasteiger partial charge is 0.382 e. The van der Waals surface area contributed by atoms with Crippen LogP contribution in [0.4, 0.5) is 10.8 Å². The molecule has 0 radical (unpaired) electrons. The number of anilines is 2. The molecule has 1 unspecified atom stereocenters. The van der Waals surface area contributed by atoms with E-state index >= 15 is 0 Å². The highest BCUT2D eigenvalue weighted by molar-refractivity contribution is 7.11. The van der Waals surface area contributed by atoms with Crippen LogP contribution >= 0.6 is 11.5 Å². The molecular weight excluding hydrogens is 272 g/mol. The van der Waals surface area contributed by atoms with Crippen molar-refractivity contribution >= 4 is 22.4 Å². The van der Waals surface area contributed by atoms with E-state index in [1.807, 2.05) is 12.1 Å². The van der Waals surface area contributed by atoms with Crippen LogP contribution in [0, 0.1) is 5.92 Å². The highest BCUT2D eigenvalue weighted by atomic mass is 32.1. The van der Waals surface area contributed by atoms with Gasteiger partial charge < -0.3 is 15.8 Å². The maximum atomic E-state index is 5.99. The van der Waals surface area contributed by atoms with Crippen molar-refractivity contribution in [2.24, 2.45) is 5.92 Å². The van der Waals surface area contributed by atoms with E-state index in [1.165, 1.54) is 18.0 Å². The first-order valence-electron chi connectivity index (χ1n) is 6.82. The van der Waals surface area contributed by atoms with E-state index < -0.39 is 0 Å². The first-order chi connectivity index (χ1) is 9.84. The lowest BCUT2D eigenvalue weighted by atomic mass is 10.1. The van der Waals surface area contributed by atoms with Crippen molar-refractivity contribution in [2.75, 3.05) is 30.8 Å². The Balaban J connectivity index is 1.67. The van der Waals surface area contributed by atoms with Gasteiger partial charge in [0, 0.05) is 32.2 Å². The van der Waals surface area contributed by atoms with Crippen LogP contribution in [0.3, 0.4) is 0 Å². The zero-order valence-electron chi connectivity index (χ0n) is 11.2. The standard InChI is InChI=1S/C14H18N4OS/c15-13-12(11-2-5-16-6-3-11)14(20-18-13)17-7-1-10-4-8-19-9-10/h2-3,5-6,10,17H,1,4,7-9H2,(H2,15,18). The van der Waals surface area contributed by atoms with Crippen LogP contribution in [-0.2, 0) is 4.74 Å². The number of hydrogen-bond acceptors (Lipinski definition) is 6. The number of nitrogens with one attached hydrogen (secondary N) is 1. The lowest BCUT2D eigenvalue weighted by Gasteiger charge is -2.10. The Morgan fingerprint density at radius 1 is 1.40 bits per heavy atom. The molecule has 3 N–H and O–H groups in total. The minimum absolute atomic E-state index is 0.577. The van der Waals surface area contributed by atoms with E-state index in [0.717, 1.165) is 42.3 Å². The van der Waals surface area contributed by atoms with Gasteiger partial charge >= 0.3 is 0 Å². The van der Waals surface area contributed by atoms with Gasteiger partial charge in [0.2, 0.25) is 0 Å². The molecule has 0 bridgehead atoms. The van der Waals surface area contributed by atoms with Crippen LogP contribution in [0.15, 0.2) is 24.5 Å². The number of ether oxygens (including phenoxy) is 1. The van der Waals surface area contributed by atoms with E-state index in [4.69, 9.17) is 10.5 Å². The van der Waals surface area contributed by atoms with Gasteiger partial charge in [-0.1, -0.05) is 0 Å². The van der Waals surface area contributed by atoms with E-state index in [-0.39, 0.29) is 0 Å². The second-order valence-corrected chi connectivity index (χ2v) is 5.73. The predicted molar refractivity (Wildman–Crippen MR) is 81.8 cm³/mol. The molecule has 3 heterocycles. The minimum Gasteiger partial charge on any atom is -0.382 e. The third-order valence-electron chi connectivity index (χ3n) is 3.55. The molecule has 1 atom stereocenters. The second-order valence-electron chi connectivity index (χ2n) is 4.95. The number of rotatable bonds is 5. The van der Waals surface area contributed by atoms with Gasteiger partial charge in [0.05, 0.1) is 5.56 Å². The number of pyridine rings is 1. The summed E-state index contributed by atoms with van der Waals surface area (Å²) < 4.78 is 9.65. The van der Waals surface area contributed by atoms with Gasteiger partial charge in [-0.2, -0.15) is 4.37 Å². The Hall–Kier alpha value is -1.66. The van der Waals surface area contributed by atoms with Gasteiger partial charge in [-0.25, -0.2) is 0 Å². The average Bonchev–Trinajstić information content (AvgIpc) is 3.10. The normalized spacial score (nSPS) is 18.3. The molecule has 2 aromatic rings. The Bertz CT molecular complexity index is 552. The van der Waals surface area contributed by atoms with Crippen molar-refractivity contribution in [1.82, 2.24) is 9.36 Å². The maximum Gasteiger partial charge on any atom is 0.147 e. The first-order valence-corrected chi connectivity index (χ1v) is 7.59. The van der Waals surface area contributed by atoms with E-state index in [9.17, 15) is 0 Å². The molecule has 1 saturated heterocycles. The molecule has 5 nitrogen and oxygen atoms in total. The quantitative estimate of drug-likeness (QED) is 0.885. The van der Waals surface area contributed by atoms with Gasteiger partial charge in [-0.05, 0) is 48.0 Å². The molecule has 0 aromatic carbocycles. The van der Waals surface area contributed by atoms with E-state index in [1.54, 1.807) is 12.4 Å². The summed E-state index contributed by atoms with van der Waals surface area (Å²) in [5, 5.41) is 4.49. The summed E-state index contributed by atoms with van der Waals surface area (Å²) >= 11 is 1.42. The number of hydrogen-bond donors (Lipinski definition) is 2. The molecule has 1 aliphatic heterocycles. The van der Waals surface area contributed by atoms with Gasteiger partial charge in [0.25, 0.3) is 0 Å². The lowest BCUT2D eigenvalue weighted by Crippen LogP contribution is -2.08. The highest BCUT2D eigenvalue weighted by Gasteiger charge is 2.17. The van der Waals surface area contributed by atoms with E-state index in [2.05, 4.69) is 14.7 Å². The number of nitrogen functional groups attached to an aromatic ring is 1. The van der Waals surface area contributed by atoms with Crippen LogP contribution in [0.5, 0.6) is 0 Å². The summed E-state index contributed by atoms with van der Waals surface area (Å²) in [5.41, 5.74) is 8.03. The summed E-state index contributed by atoms with van der Waals surface area (Å²) in [5.74, 6) is 1.25. The topological polar surface area (TPSA) is 73.1 Å². The van der Waals surface area contributed by atoms with Gasteiger partial charge in [-0.3, -0.25) is 4.98 Å². The maximum absolute atomic E-state index is 5.99. The third kappa shape index (κ3) is 2.91. The Kier molecular flexibility index (Phi) is 4.13. The Morgan fingerprint density at radius 3 is 3.00 bits per heavy atom. The van der Waals surface area contributed by atoms with Crippen molar-refractivity contribution in [1.29, 1.82) is 0 Å². The van der Waals surface area contributed by atoms with Gasteiger partial charge in [-0.15, -0.1) is 0 Å². The monoisotopic (exact) mass is 290 g/mol. The number of nitrogens with two attached hydrogens (primary N) is 1. The van der Waals surface area contributed by atoms with E-state index in [0.29, 0.717) is 11.7 Å². The van der Waals surface area contributed by atoms with Crippen LogP contribution in [0.25, 0.3) is 11.1 Å². The fourth-order valence-corrected chi connectivity index (χ4v) is 3.18. The molecule has 0 spiro atoms. The second kappa shape index (κ2) is 6.19. The SMILES string of the molecule is Nc1nsc(NCCC2CCOC2)c1-c1ccncc1. The highest BCUT2D eigenvalue weighted by Crippen LogP contribution is 2.36. The molecular formula is C14H18N4OS. The predicted octanol–water partition coefficient (Wildman–Crippen LogP) is 2.63. The summed E-state index contributed by atoms with van der Waals surface area (Å²) in [4.78, 5) is 4.04. The molecule has 6 heteroatoms. The summed E-state index contributed by atoms with van der Waals surface area (Å²) in [6.45, 7) is 2.72. The van der Waals surface area contributed by atoms with Crippen LogP contribution in [-0.4, -0.2) is 29.1 Å². The van der Waals surface area contributed by atoms with Crippen molar-refractivity contribution in [2.45, 2.75) is 12.8 Å². The third-order valence-corrected chi connectivity index (χ3v) is 4.37. The number of nitrogens with zero attached hydrogens (tertiary/aromatic N) is 2. The molecule has 2 aromatic heterocycles. The van der Waals surface area contributed by atoms with Crippen molar-refractivity contribution in [3.8, 4) is 11.1 Å². The zero-order chi connectivity index (χ0) is 13.8. The fourth-order valence-electron chi connectivity index (χ4n) is 2.42. The average molecular weight is 290 g/mol. The molecule has 0 amide bonds. The summed E-state index contributed by atoms with van der Waals surface area (Å²) in [6, 6.07) is 3.91. The van der Waals surface area contributed by atoms with Crippen molar-refractivity contribution < 1.29 is 4.74 Å². The lowest BCUT2D eigenvalue weighted by molar-refractivity contribution is 0.185. The molecule has 1 aliphatic rings. The first kappa shape index (κ1) is 13.3. The summed E-state index contributed by atoms with van der Waals surface area (Å²) in [6.07, 6.45) is 5.83. The van der Waals surface area contributed by atoms with Crippen LogP contribution < -0.4 is 11.1 Å².